The van der Waals surface area contributed by atoms with Gasteiger partial charge in [0.15, 0.2) is 5.96 Å². The number of guanidine groups is 1. The van der Waals surface area contributed by atoms with Crippen molar-refractivity contribution < 1.29 is 9.18 Å². The van der Waals surface area contributed by atoms with Gasteiger partial charge in [-0.05, 0) is 54.1 Å². The minimum Gasteiger partial charge on any atom is -0.356 e. The number of anilines is 1. The fraction of sp³-hybridized carbons (Fsp3) is 0.300. The van der Waals surface area contributed by atoms with E-state index < -0.39 is 0 Å². The molecule has 0 saturated heterocycles. The quantitative estimate of drug-likeness (QED) is 0.162. The molecule has 0 bridgehead atoms. The van der Waals surface area contributed by atoms with Gasteiger partial charge in [0, 0.05) is 37.6 Å². The van der Waals surface area contributed by atoms with Crippen LogP contribution in [-0.2, 0) is 11.3 Å². The normalized spacial score (nSPS) is 10.8. The molecule has 0 aromatic heterocycles. The van der Waals surface area contributed by atoms with Crippen molar-refractivity contribution in [1.29, 1.82) is 0 Å². The lowest BCUT2D eigenvalue weighted by atomic mass is 10.2. The van der Waals surface area contributed by atoms with E-state index in [-0.39, 0.29) is 35.7 Å². The second kappa shape index (κ2) is 13.4. The predicted octanol–water partition coefficient (Wildman–Crippen LogP) is 4.25. The van der Waals surface area contributed by atoms with Crippen molar-refractivity contribution in [2.24, 2.45) is 4.99 Å². The van der Waals surface area contributed by atoms with Crippen LogP contribution in [0.2, 0.25) is 0 Å². The van der Waals surface area contributed by atoms with Crippen molar-refractivity contribution in [2.75, 3.05) is 24.7 Å². The summed E-state index contributed by atoms with van der Waals surface area (Å²) in [6, 6.07) is 14.2. The monoisotopic (exact) mass is 516 g/mol. The summed E-state index contributed by atoms with van der Waals surface area (Å²) >= 11 is 1.70. The maximum absolute atomic E-state index is 12.9. The van der Waals surface area contributed by atoms with Crippen molar-refractivity contribution >= 4 is 53.3 Å². The zero-order valence-corrected chi connectivity index (χ0v) is 19.1. The molecule has 0 aliphatic heterocycles. The lowest BCUT2D eigenvalue weighted by molar-refractivity contribution is -0.114. The molecule has 28 heavy (non-hydrogen) atoms. The van der Waals surface area contributed by atoms with Crippen LogP contribution in [0.15, 0.2) is 58.4 Å². The van der Waals surface area contributed by atoms with E-state index >= 15 is 0 Å². The van der Waals surface area contributed by atoms with Crippen LogP contribution >= 0.6 is 35.7 Å². The molecule has 0 aliphatic carbocycles. The maximum atomic E-state index is 12.9. The fourth-order valence-electron chi connectivity index (χ4n) is 2.37. The Labute approximate surface area is 187 Å². The molecule has 5 nitrogen and oxygen atoms in total. The molecule has 2 rings (SSSR count). The van der Waals surface area contributed by atoms with Crippen LogP contribution in [0.3, 0.4) is 0 Å². The third-order valence-corrected chi connectivity index (χ3v) is 4.73. The van der Waals surface area contributed by atoms with Crippen LogP contribution in [0.1, 0.15) is 18.9 Å². The van der Waals surface area contributed by atoms with Crippen molar-refractivity contribution in [3.05, 3.63) is 59.9 Å². The van der Waals surface area contributed by atoms with Gasteiger partial charge in [0.2, 0.25) is 5.91 Å². The molecule has 8 heteroatoms. The van der Waals surface area contributed by atoms with E-state index in [4.69, 9.17) is 0 Å². The van der Waals surface area contributed by atoms with Crippen LogP contribution in [0.5, 0.6) is 0 Å². The molecule has 2 aromatic rings. The Balaban J connectivity index is 0.00000392. The molecule has 0 fully saturated rings. The number of hydrogen-bond donors (Lipinski definition) is 3. The summed E-state index contributed by atoms with van der Waals surface area (Å²) < 4.78 is 12.9. The standard InChI is InChI=1S/C20H25FN4OS.HI/c1-15(26)25-18-6-3-5-16(13-18)14-24-20(22-2)23-11-4-12-27-19-9-7-17(21)8-10-19;/h3,5-10,13H,4,11-12,14H2,1-2H3,(H,25,26)(H2,22,23,24);1H. The Bertz CT molecular complexity index is 771. The van der Waals surface area contributed by atoms with Crippen molar-refractivity contribution in [1.82, 2.24) is 10.6 Å². The van der Waals surface area contributed by atoms with Gasteiger partial charge in [-0.1, -0.05) is 12.1 Å². The number of carbonyl (C=O) groups is 1. The molecular weight excluding hydrogens is 490 g/mol. The zero-order valence-electron chi connectivity index (χ0n) is 16.0. The Hall–Kier alpha value is -1.81. The number of rotatable bonds is 8. The van der Waals surface area contributed by atoms with E-state index in [1.807, 2.05) is 24.3 Å². The lowest BCUT2D eigenvalue weighted by Gasteiger charge is -2.12. The molecule has 0 saturated carbocycles. The second-order valence-corrected chi connectivity index (χ2v) is 7.06. The van der Waals surface area contributed by atoms with Crippen LogP contribution in [0.4, 0.5) is 10.1 Å². The topological polar surface area (TPSA) is 65.5 Å². The molecular formula is C20H26FIN4OS. The average Bonchev–Trinajstić information content (AvgIpc) is 2.65. The van der Waals surface area contributed by atoms with Gasteiger partial charge in [-0.15, -0.1) is 35.7 Å². The first-order valence-electron chi connectivity index (χ1n) is 8.76. The molecule has 0 unspecified atom stereocenters. The minimum absolute atomic E-state index is 0. The number of amides is 1. The molecule has 0 aliphatic rings. The summed E-state index contributed by atoms with van der Waals surface area (Å²) in [5.74, 6) is 1.37. The second-order valence-electron chi connectivity index (χ2n) is 5.89. The molecule has 0 atom stereocenters. The predicted molar refractivity (Wildman–Crippen MR) is 126 cm³/mol. The van der Waals surface area contributed by atoms with Crippen molar-refractivity contribution in [2.45, 2.75) is 24.8 Å². The van der Waals surface area contributed by atoms with E-state index in [2.05, 4.69) is 20.9 Å². The van der Waals surface area contributed by atoms with Gasteiger partial charge in [0.1, 0.15) is 5.82 Å². The SMILES string of the molecule is CN=C(NCCCSc1ccc(F)cc1)NCc1cccc(NC(C)=O)c1.I. The van der Waals surface area contributed by atoms with Crippen LogP contribution in [0.25, 0.3) is 0 Å². The number of hydrogen-bond acceptors (Lipinski definition) is 3. The summed E-state index contributed by atoms with van der Waals surface area (Å²) in [6.07, 6.45) is 0.959. The summed E-state index contributed by atoms with van der Waals surface area (Å²) in [6.45, 7) is 2.89. The summed E-state index contributed by atoms with van der Waals surface area (Å²) in [5, 5.41) is 9.31. The number of nitrogens with one attached hydrogen (secondary N) is 3. The van der Waals surface area contributed by atoms with E-state index in [1.165, 1.54) is 19.1 Å². The van der Waals surface area contributed by atoms with Gasteiger partial charge < -0.3 is 16.0 Å². The van der Waals surface area contributed by atoms with Gasteiger partial charge >= 0.3 is 0 Å². The highest BCUT2D eigenvalue weighted by Gasteiger charge is 2.01. The largest absolute Gasteiger partial charge is 0.356 e. The fourth-order valence-corrected chi connectivity index (χ4v) is 3.22. The Morgan fingerprint density at radius 1 is 1.14 bits per heavy atom. The van der Waals surface area contributed by atoms with E-state index in [0.717, 1.165) is 40.8 Å². The van der Waals surface area contributed by atoms with E-state index in [9.17, 15) is 9.18 Å². The van der Waals surface area contributed by atoms with Crippen LogP contribution in [0, 0.1) is 5.82 Å². The van der Waals surface area contributed by atoms with Gasteiger partial charge in [-0.25, -0.2) is 4.39 Å². The molecule has 0 radical (unpaired) electrons. The molecule has 152 valence electrons. The number of halogens is 2. The smallest absolute Gasteiger partial charge is 0.221 e. The molecule has 1 amide bonds. The number of benzene rings is 2. The Kier molecular flexibility index (Phi) is 11.6. The third kappa shape index (κ3) is 9.41. The average molecular weight is 516 g/mol. The lowest BCUT2D eigenvalue weighted by Crippen LogP contribution is -2.37. The molecule has 0 heterocycles. The van der Waals surface area contributed by atoms with E-state index in [0.29, 0.717) is 6.54 Å². The van der Waals surface area contributed by atoms with Gasteiger partial charge in [-0.2, -0.15) is 0 Å². The highest BCUT2D eigenvalue weighted by molar-refractivity contribution is 14.0. The highest BCUT2D eigenvalue weighted by Crippen LogP contribution is 2.18. The number of thioether (sulfide) groups is 1. The number of carbonyl (C=O) groups excluding carboxylic acids is 1. The zero-order chi connectivity index (χ0) is 19.5. The number of aliphatic imine (C=N–C) groups is 1. The highest BCUT2D eigenvalue weighted by atomic mass is 127. The van der Waals surface area contributed by atoms with E-state index in [1.54, 1.807) is 30.9 Å². The molecule has 3 N–H and O–H groups in total. The summed E-state index contributed by atoms with van der Waals surface area (Å²) in [4.78, 5) is 16.4. The minimum atomic E-state index is -0.210. The van der Waals surface area contributed by atoms with Gasteiger partial charge in [-0.3, -0.25) is 9.79 Å². The van der Waals surface area contributed by atoms with Crippen LogP contribution < -0.4 is 16.0 Å². The van der Waals surface area contributed by atoms with Crippen LogP contribution in [-0.4, -0.2) is 31.2 Å². The molecule has 0 spiro atoms. The Morgan fingerprint density at radius 3 is 2.57 bits per heavy atom. The van der Waals surface area contributed by atoms with Gasteiger partial charge in [0.05, 0.1) is 0 Å². The summed E-state index contributed by atoms with van der Waals surface area (Å²) in [5.41, 5.74) is 1.83. The number of nitrogens with zero attached hydrogens (tertiary/aromatic N) is 1. The first-order chi connectivity index (χ1) is 13.1. The Morgan fingerprint density at radius 2 is 1.89 bits per heavy atom. The van der Waals surface area contributed by atoms with Crippen molar-refractivity contribution in [3.8, 4) is 0 Å². The first kappa shape index (κ1) is 24.2. The summed E-state index contributed by atoms with van der Waals surface area (Å²) in [7, 11) is 1.73. The molecule has 2 aromatic carbocycles. The third-order valence-electron chi connectivity index (χ3n) is 3.63. The maximum Gasteiger partial charge on any atom is 0.221 e. The van der Waals surface area contributed by atoms with Crippen molar-refractivity contribution in [3.63, 3.8) is 0 Å². The first-order valence-corrected chi connectivity index (χ1v) is 9.75. The van der Waals surface area contributed by atoms with Gasteiger partial charge in [0.25, 0.3) is 0 Å².